The molecule has 1 rings (SSSR count). The SMILES string of the molecule is COCCNC(=O)COC(=O)COc1ccc(OC)cc1. The van der Waals surface area contributed by atoms with E-state index in [1.54, 1.807) is 31.4 Å². The van der Waals surface area contributed by atoms with Gasteiger partial charge < -0.3 is 24.3 Å². The lowest BCUT2D eigenvalue weighted by molar-refractivity contribution is -0.150. The molecule has 7 nitrogen and oxygen atoms in total. The molecule has 0 aliphatic carbocycles. The van der Waals surface area contributed by atoms with Crippen molar-refractivity contribution in [2.75, 3.05) is 40.6 Å². The molecule has 0 aromatic heterocycles. The number of benzene rings is 1. The van der Waals surface area contributed by atoms with Crippen LogP contribution >= 0.6 is 0 Å². The third-order valence-corrected chi connectivity index (χ3v) is 2.41. The van der Waals surface area contributed by atoms with Crippen LogP contribution < -0.4 is 14.8 Å². The van der Waals surface area contributed by atoms with E-state index in [4.69, 9.17) is 18.9 Å². The van der Waals surface area contributed by atoms with Crippen LogP contribution in [0.25, 0.3) is 0 Å². The molecule has 0 radical (unpaired) electrons. The van der Waals surface area contributed by atoms with Crippen LogP contribution in [0.4, 0.5) is 0 Å². The molecule has 0 atom stereocenters. The van der Waals surface area contributed by atoms with E-state index in [9.17, 15) is 9.59 Å². The molecule has 0 bridgehead atoms. The predicted octanol–water partition coefficient (Wildman–Crippen LogP) is 0.380. The van der Waals surface area contributed by atoms with Crippen molar-refractivity contribution in [3.8, 4) is 11.5 Å². The predicted molar refractivity (Wildman–Crippen MR) is 74.3 cm³/mol. The number of amides is 1. The third-order valence-electron chi connectivity index (χ3n) is 2.41. The van der Waals surface area contributed by atoms with Gasteiger partial charge in [-0.1, -0.05) is 0 Å². The van der Waals surface area contributed by atoms with Crippen LogP contribution in [0.15, 0.2) is 24.3 Å². The number of rotatable bonds is 9. The standard InChI is InChI=1S/C14H19NO6/c1-18-8-7-15-13(16)9-21-14(17)10-20-12-5-3-11(19-2)4-6-12/h3-6H,7-10H2,1-2H3,(H,15,16). The molecule has 0 spiro atoms. The molecule has 0 saturated heterocycles. The van der Waals surface area contributed by atoms with Crippen molar-refractivity contribution in [2.45, 2.75) is 0 Å². The second kappa shape index (κ2) is 9.60. The zero-order valence-corrected chi connectivity index (χ0v) is 12.1. The number of ether oxygens (including phenoxy) is 4. The van der Waals surface area contributed by atoms with E-state index in [0.29, 0.717) is 24.7 Å². The molecule has 0 unspecified atom stereocenters. The summed E-state index contributed by atoms with van der Waals surface area (Å²) in [4.78, 5) is 22.7. The summed E-state index contributed by atoms with van der Waals surface area (Å²) >= 11 is 0. The highest BCUT2D eigenvalue weighted by molar-refractivity contribution is 5.80. The van der Waals surface area contributed by atoms with Crippen molar-refractivity contribution in [3.63, 3.8) is 0 Å². The van der Waals surface area contributed by atoms with E-state index < -0.39 is 5.97 Å². The molecular weight excluding hydrogens is 278 g/mol. The van der Waals surface area contributed by atoms with Crippen molar-refractivity contribution in [2.24, 2.45) is 0 Å². The summed E-state index contributed by atoms with van der Waals surface area (Å²) in [5, 5.41) is 2.53. The van der Waals surface area contributed by atoms with Crippen LogP contribution in [-0.4, -0.2) is 52.5 Å². The van der Waals surface area contributed by atoms with E-state index in [-0.39, 0.29) is 19.1 Å². The second-order valence-electron chi connectivity index (χ2n) is 3.97. The summed E-state index contributed by atoms with van der Waals surface area (Å²) in [6.07, 6.45) is 0. The number of carbonyl (C=O) groups is 2. The van der Waals surface area contributed by atoms with Gasteiger partial charge in [-0.2, -0.15) is 0 Å². The van der Waals surface area contributed by atoms with Crippen LogP contribution in [0.1, 0.15) is 0 Å². The number of esters is 1. The van der Waals surface area contributed by atoms with Gasteiger partial charge in [0.2, 0.25) is 0 Å². The summed E-state index contributed by atoms with van der Waals surface area (Å²) < 4.78 is 19.7. The van der Waals surface area contributed by atoms with Crippen LogP contribution in [0, 0.1) is 0 Å². The van der Waals surface area contributed by atoms with Gasteiger partial charge in [0.25, 0.3) is 5.91 Å². The van der Waals surface area contributed by atoms with Crippen molar-refractivity contribution in [3.05, 3.63) is 24.3 Å². The monoisotopic (exact) mass is 297 g/mol. The lowest BCUT2D eigenvalue weighted by Gasteiger charge is -2.08. The molecule has 116 valence electrons. The fourth-order valence-electron chi connectivity index (χ4n) is 1.35. The van der Waals surface area contributed by atoms with Crippen molar-refractivity contribution in [1.29, 1.82) is 0 Å². The molecule has 0 fully saturated rings. The Balaban J connectivity index is 2.19. The van der Waals surface area contributed by atoms with E-state index in [0.717, 1.165) is 0 Å². The van der Waals surface area contributed by atoms with Crippen LogP contribution in [0.2, 0.25) is 0 Å². The Morgan fingerprint density at radius 2 is 1.71 bits per heavy atom. The fourth-order valence-corrected chi connectivity index (χ4v) is 1.35. The number of hydrogen-bond acceptors (Lipinski definition) is 6. The van der Waals surface area contributed by atoms with Crippen molar-refractivity contribution in [1.82, 2.24) is 5.32 Å². The summed E-state index contributed by atoms with van der Waals surface area (Å²) in [6, 6.07) is 6.76. The summed E-state index contributed by atoms with van der Waals surface area (Å²) in [6.45, 7) is 0.168. The molecule has 1 N–H and O–H groups in total. The largest absolute Gasteiger partial charge is 0.497 e. The van der Waals surface area contributed by atoms with Gasteiger partial charge in [0, 0.05) is 13.7 Å². The first-order valence-electron chi connectivity index (χ1n) is 6.34. The zero-order chi connectivity index (χ0) is 15.5. The molecule has 1 aromatic carbocycles. The average molecular weight is 297 g/mol. The summed E-state index contributed by atoms with van der Waals surface area (Å²) in [5.41, 5.74) is 0. The number of nitrogens with one attached hydrogen (secondary N) is 1. The van der Waals surface area contributed by atoms with Gasteiger partial charge >= 0.3 is 5.97 Å². The topological polar surface area (TPSA) is 83.1 Å². The Hall–Kier alpha value is -2.28. The molecule has 1 aromatic rings. The highest BCUT2D eigenvalue weighted by Crippen LogP contribution is 2.16. The van der Waals surface area contributed by atoms with E-state index in [1.807, 2.05) is 0 Å². The Morgan fingerprint density at radius 1 is 1.05 bits per heavy atom. The number of carbonyl (C=O) groups excluding carboxylic acids is 2. The minimum atomic E-state index is -0.618. The van der Waals surface area contributed by atoms with E-state index in [2.05, 4.69) is 5.32 Å². The maximum absolute atomic E-state index is 11.4. The fraction of sp³-hybridized carbons (Fsp3) is 0.429. The van der Waals surface area contributed by atoms with Gasteiger partial charge in [-0.15, -0.1) is 0 Å². The van der Waals surface area contributed by atoms with Gasteiger partial charge in [0.15, 0.2) is 13.2 Å². The highest BCUT2D eigenvalue weighted by atomic mass is 16.6. The normalized spacial score (nSPS) is 9.81. The van der Waals surface area contributed by atoms with Crippen LogP contribution in [-0.2, 0) is 19.1 Å². The molecule has 0 heterocycles. The molecular formula is C14H19NO6. The smallest absolute Gasteiger partial charge is 0.344 e. The van der Waals surface area contributed by atoms with E-state index in [1.165, 1.54) is 7.11 Å². The van der Waals surface area contributed by atoms with Gasteiger partial charge in [-0.05, 0) is 24.3 Å². The van der Waals surface area contributed by atoms with Gasteiger partial charge in [0.05, 0.1) is 13.7 Å². The Kier molecular flexibility index (Phi) is 7.67. The van der Waals surface area contributed by atoms with Gasteiger partial charge in [0.1, 0.15) is 11.5 Å². The lowest BCUT2D eigenvalue weighted by Crippen LogP contribution is -2.32. The van der Waals surface area contributed by atoms with Crippen molar-refractivity contribution < 1.29 is 28.5 Å². The minimum Gasteiger partial charge on any atom is -0.497 e. The molecule has 1 amide bonds. The van der Waals surface area contributed by atoms with E-state index >= 15 is 0 Å². The Morgan fingerprint density at radius 3 is 2.33 bits per heavy atom. The molecule has 21 heavy (non-hydrogen) atoms. The first kappa shape index (κ1) is 16.8. The molecule has 0 saturated carbocycles. The third kappa shape index (κ3) is 7.17. The molecule has 0 aliphatic heterocycles. The van der Waals surface area contributed by atoms with Crippen LogP contribution in [0.5, 0.6) is 11.5 Å². The summed E-state index contributed by atoms with van der Waals surface area (Å²) in [7, 11) is 3.09. The number of hydrogen-bond donors (Lipinski definition) is 1. The maximum atomic E-state index is 11.4. The maximum Gasteiger partial charge on any atom is 0.344 e. The van der Waals surface area contributed by atoms with Gasteiger partial charge in [-0.3, -0.25) is 4.79 Å². The zero-order valence-electron chi connectivity index (χ0n) is 12.1. The molecule has 0 aliphatic rings. The summed E-state index contributed by atoms with van der Waals surface area (Å²) in [5.74, 6) is 0.201. The number of methoxy groups -OCH3 is 2. The quantitative estimate of drug-likeness (QED) is 0.524. The second-order valence-corrected chi connectivity index (χ2v) is 3.97. The van der Waals surface area contributed by atoms with Gasteiger partial charge in [-0.25, -0.2) is 4.79 Å². The first-order valence-corrected chi connectivity index (χ1v) is 6.34. The highest BCUT2D eigenvalue weighted by Gasteiger charge is 2.08. The Bertz CT molecular complexity index is 445. The molecule has 7 heteroatoms. The minimum absolute atomic E-state index is 0.266. The Labute approximate surface area is 123 Å². The lowest BCUT2D eigenvalue weighted by atomic mass is 10.3. The van der Waals surface area contributed by atoms with Crippen LogP contribution in [0.3, 0.4) is 0 Å². The van der Waals surface area contributed by atoms with Crippen molar-refractivity contribution >= 4 is 11.9 Å². The average Bonchev–Trinajstić information content (AvgIpc) is 2.51. The first-order chi connectivity index (χ1) is 10.2.